The number of rotatable bonds is 7. The lowest BCUT2D eigenvalue weighted by molar-refractivity contribution is -0.138. The van der Waals surface area contributed by atoms with Crippen molar-refractivity contribution in [2.45, 2.75) is 50.9 Å². The van der Waals surface area contributed by atoms with Crippen molar-refractivity contribution in [1.29, 1.82) is 0 Å². The van der Waals surface area contributed by atoms with E-state index in [4.69, 9.17) is 4.74 Å². The highest BCUT2D eigenvalue weighted by Gasteiger charge is 2.33. The van der Waals surface area contributed by atoms with E-state index in [0.29, 0.717) is 31.3 Å². The van der Waals surface area contributed by atoms with Gasteiger partial charge in [0, 0.05) is 26.7 Å². The van der Waals surface area contributed by atoms with Crippen LogP contribution < -0.4 is 10.6 Å². The summed E-state index contributed by atoms with van der Waals surface area (Å²) in [6.45, 7) is 1.14. The predicted octanol–water partition coefficient (Wildman–Crippen LogP) is 3.86. The number of nitrogens with one attached hydrogen (secondary N) is 2. The third kappa shape index (κ3) is 6.48. The second kappa shape index (κ2) is 9.75. The standard InChI is InChI=1S/C18H25F4N3O/c1-23-17(24-9-4-10-26-15-5-2-3-6-15)25-12-13-7-8-14(19)11-16(13)18(20,21)22/h7-8,11,15H,2-6,9-10,12H2,1H3,(H2,23,24,25). The average molecular weight is 375 g/mol. The fraction of sp³-hybridized carbons (Fsp3) is 0.611. The van der Waals surface area contributed by atoms with Gasteiger partial charge in [0.15, 0.2) is 5.96 Å². The second-order valence-electron chi connectivity index (χ2n) is 6.28. The number of benzene rings is 1. The SMILES string of the molecule is CN=C(NCCCOC1CCCC1)NCc1ccc(F)cc1C(F)(F)F. The van der Waals surface area contributed by atoms with Crippen LogP contribution in [0.3, 0.4) is 0 Å². The van der Waals surface area contributed by atoms with Gasteiger partial charge in [-0.15, -0.1) is 0 Å². The van der Waals surface area contributed by atoms with Gasteiger partial charge in [0.1, 0.15) is 5.82 Å². The first-order valence-electron chi connectivity index (χ1n) is 8.82. The lowest BCUT2D eigenvalue weighted by Crippen LogP contribution is -2.38. The lowest BCUT2D eigenvalue weighted by Gasteiger charge is -2.16. The lowest BCUT2D eigenvalue weighted by atomic mass is 10.1. The molecule has 0 heterocycles. The van der Waals surface area contributed by atoms with Crippen molar-refractivity contribution in [3.05, 3.63) is 35.1 Å². The van der Waals surface area contributed by atoms with Crippen molar-refractivity contribution < 1.29 is 22.3 Å². The van der Waals surface area contributed by atoms with Crippen molar-refractivity contribution in [2.24, 2.45) is 4.99 Å². The van der Waals surface area contributed by atoms with Gasteiger partial charge in [-0.3, -0.25) is 4.99 Å². The monoisotopic (exact) mass is 375 g/mol. The Labute approximate surface area is 151 Å². The first kappa shape index (κ1) is 20.5. The van der Waals surface area contributed by atoms with Crippen LogP contribution in [0.25, 0.3) is 0 Å². The molecule has 4 nitrogen and oxygen atoms in total. The summed E-state index contributed by atoms with van der Waals surface area (Å²) in [5, 5.41) is 5.86. The summed E-state index contributed by atoms with van der Waals surface area (Å²) in [6, 6.07) is 2.66. The number of guanidine groups is 1. The van der Waals surface area contributed by atoms with Crippen molar-refractivity contribution in [3.8, 4) is 0 Å². The van der Waals surface area contributed by atoms with Crippen LogP contribution >= 0.6 is 0 Å². The Morgan fingerprint density at radius 2 is 1.96 bits per heavy atom. The van der Waals surface area contributed by atoms with Gasteiger partial charge < -0.3 is 15.4 Å². The molecule has 0 unspecified atom stereocenters. The molecule has 2 N–H and O–H groups in total. The van der Waals surface area contributed by atoms with Gasteiger partial charge in [-0.2, -0.15) is 13.2 Å². The summed E-state index contributed by atoms with van der Waals surface area (Å²) in [6.07, 6.45) is 1.23. The molecule has 0 atom stereocenters. The van der Waals surface area contributed by atoms with Crippen LogP contribution in [0.1, 0.15) is 43.2 Å². The topological polar surface area (TPSA) is 45.7 Å². The molecule has 0 bridgehead atoms. The van der Waals surface area contributed by atoms with E-state index in [2.05, 4.69) is 15.6 Å². The average Bonchev–Trinajstić information content (AvgIpc) is 3.10. The van der Waals surface area contributed by atoms with Gasteiger partial charge in [-0.25, -0.2) is 4.39 Å². The van der Waals surface area contributed by atoms with E-state index in [1.54, 1.807) is 7.05 Å². The Morgan fingerprint density at radius 1 is 1.23 bits per heavy atom. The van der Waals surface area contributed by atoms with Gasteiger partial charge in [0.05, 0.1) is 11.7 Å². The van der Waals surface area contributed by atoms with E-state index in [9.17, 15) is 17.6 Å². The van der Waals surface area contributed by atoms with E-state index in [1.165, 1.54) is 12.8 Å². The van der Waals surface area contributed by atoms with Crippen LogP contribution in [0.5, 0.6) is 0 Å². The van der Waals surface area contributed by atoms with Crippen LogP contribution in [0.15, 0.2) is 23.2 Å². The van der Waals surface area contributed by atoms with Crippen molar-refractivity contribution >= 4 is 5.96 Å². The summed E-state index contributed by atoms with van der Waals surface area (Å²) in [5.74, 6) is -0.519. The molecule has 1 fully saturated rings. The van der Waals surface area contributed by atoms with Gasteiger partial charge in [-0.05, 0) is 37.0 Å². The molecule has 0 aromatic heterocycles. The summed E-state index contributed by atoms with van der Waals surface area (Å²) < 4.78 is 57.9. The molecule has 1 aliphatic rings. The first-order chi connectivity index (χ1) is 12.4. The molecule has 8 heteroatoms. The minimum absolute atomic E-state index is 0.0357. The maximum Gasteiger partial charge on any atom is 0.416 e. The number of nitrogens with zero attached hydrogens (tertiary/aromatic N) is 1. The highest BCUT2D eigenvalue weighted by Crippen LogP contribution is 2.32. The third-order valence-corrected chi connectivity index (χ3v) is 4.32. The van der Waals surface area contributed by atoms with Crippen molar-refractivity contribution in [3.63, 3.8) is 0 Å². The molecule has 1 aliphatic carbocycles. The smallest absolute Gasteiger partial charge is 0.378 e. The Hall–Kier alpha value is -1.83. The summed E-state index contributed by atoms with van der Waals surface area (Å²) in [5.41, 5.74) is -1.02. The highest BCUT2D eigenvalue weighted by molar-refractivity contribution is 5.79. The van der Waals surface area contributed by atoms with Gasteiger partial charge in [0.2, 0.25) is 0 Å². The fourth-order valence-corrected chi connectivity index (χ4v) is 2.95. The molecular weight excluding hydrogens is 350 g/mol. The minimum Gasteiger partial charge on any atom is -0.378 e. The zero-order valence-electron chi connectivity index (χ0n) is 14.8. The Morgan fingerprint density at radius 3 is 2.62 bits per heavy atom. The quantitative estimate of drug-likeness (QED) is 0.329. The molecule has 0 saturated heterocycles. The molecule has 0 radical (unpaired) electrons. The van der Waals surface area contributed by atoms with Gasteiger partial charge >= 0.3 is 6.18 Å². The summed E-state index contributed by atoms with van der Waals surface area (Å²) >= 11 is 0. The summed E-state index contributed by atoms with van der Waals surface area (Å²) in [7, 11) is 1.54. The molecule has 2 rings (SSSR count). The Kier molecular flexibility index (Phi) is 7.68. The van der Waals surface area contributed by atoms with Crippen LogP contribution in [0.2, 0.25) is 0 Å². The zero-order chi connectivity index (χ0) is 19.0. The molecular formula is C18H25F4N3O. The van der Waals surface area contributed by atoms with Crippen LogP contribution in [0, 0.1) is 5.82 Å². The summed E-state index contributed by atoms with van der Waals surface area (Å²) in [4.78, 5) is 3.99. The van der Waals surface area contributed by atoms with Crippen molar-refractivity contribution in [1.82, 2.24) is 10.6 Å². The normalized spacial score (nSPS) is 16.1. The minimum atomic E-state index is -4.60. The number of aliphatic imine (C=N–C) groups is 1. The maximum absolute atomic E-state index is 13.1. The number of halogens is 4. The zero-order valence-corrected chi connectivity index (χ0v) is 14.8. The van der Waals surface area contributed by atoms with Gasteiger partial charge in [0.25, 0.3) is 0 Å². The van der Waals surface area contributed by atoms with E-state index in [1.807, 2.05) is 0 Å². The molecule has 26 heavy (non-hydrogen) atoms. The van der Waals surface area contributed by atoms with E-state index >= 15 is 0 Å². The van der Waals surface area contributed by atoms with Crippen LogP contribution in [-0.2, 0) is 17.5 Å². The third-order valence-electron chi connectivity index (χ3n) is 4.32. The number of hydrogen-bond acceptors (Lipinski definition) is 2. The Bertz CT molecular complexity index is 599. The van der Waals surface area contributed by atoms with E-state index < -0.39 is 17.6 Å². The van der Waals surface area contributed by atoms with Gasteiger partial charge in [-0.1, -0.05) is 18.9 Å². The molecule has 0 amide bonds. The predicted molar refractivity (Wildman–Crippen MR) is 92.4 cm³/mol. The Balaban J connectivity index is 1.76. The molecule has 146 valence electrons. The number of alkyl halides is 3. The molecule has 0 spiro atoms. The van der Waals surface area contributed by atoms with E-state index in [0.717, 1.165) is 31.4 Å². The first-order valence-corrected chi connectivity index (χ1v) is 8.82. The van der Waals surface area contributed by atoms with E-state index in [-0.39, 0.29) is 12.1 Å². The molecule has 1 aromatic rings. The van der Waals surface area contributed by atoms with Crippen molar-refractivity contribution in [2.75, 3.05) is 20.2 Å². The molecule has 1 saturated carbocycles. The molecule has 0 aliphatic heterocycles. The van der Waals surface area contributed by atoms with Crippen LogP contribution in [0.4, 0.5) is 17.6 Å². The largest absolute Gasteiger partial charge is 0.416 e. The second-order valence-corrected chi connectivity index (χ2v) is 6.28. The fourth-order valence-electron chi connectivity index (χ4n) is 2.95. The number of hydrogen-bond donors (Lipinski definition) is 2. The number of ether oxygens (including phenoxy) is 1. The molecule has 1 aromatic carbocycles. The van der Waals surface area contributed by atoms with Crippen LogP contribution in [-0.4, -0.2) is 32.3 Å². The highest BCUT2D eigenvalue weighted by atomic mass is 19.4. The maximum atomic E-state index is 13.1.